The molecule has 0 radical (unpaired) electrons. The number of halogens is 2. The minimum atomic E-state index is -3.83. The quantitative estimate of drug-likeness (QED) is 0.0739. The summed E-state index contributed by atoms with van der Waals surface area (Å²) in [6.07, 6.45) is 2.75. The number of ether oxygens (including phenoxy) is 6. The van der Waals surface area contributed by atoms with Crippen LogP contribution in [0.15, 0.2) is 61.2 Å². The van der Waals surface area contributed by atoms with Crippen LogP contribution in [0.25, 0.3) is 23.0 Å². The van der Waals surface area contributed by atoms with Gasteiger partial charge in [0.1, 0.15) is 59.0 Å². The highest BCUT2D eigenvalue weighted by Gasteiger charge is 2.39. The zero-order valence-electron chi connectivity index (χ0n) is 44.2. The van der Waals surface area contributed by atoms with Gasteiger partial charge in [0.15, 0.2) is 43.0 Å². The molecule has 6 aromatic rings. The molecule has 2 aliphatic heterocycles. The van der Waals surface area contributed by atoms with Crippen LogP contribution in [0.3, 0.4) is 0 Å². The first-order valence-corrected chi connectivity index (χ1v) is 29.1. The van der Waals surface area contributed by atoms with Crippen molar-refractivity contribution < 1.29 is 45.3 Å². The van der Waals surface area contributed by atoms with Crippen molar-refractivity contribution in [2.45, 2.75) is 140 Å². The summed E-state index contributed by atoms with van der Waals surface area (Å²) in [7, 11) is -7.67. The van der Waals surface area contributed by atoms with Crippen molar-refractivity contribution in [3.8, 4) is 23.0 Å². The molecule has 76 heavy (non-hydrogen) atoms. The molecule has 8 heterocycles. The number of hydrogen-bond acceptors (Lipinski definition) is 20. The van der Waals surface area contributed by atoms with Crippen LogP contribution in [-0.2, 0) is 59.6 Å². The molecule has 0 N–H and O–H groups in total. The molecule has 22 nitrogen and oxygen atoms in total. The van der Waals surface area contributed by atoms with Crippen molar-refractivity contribution >= 4 is 42.9 Å². The maximum absolute atomic E-state index is 13.8. The largest absolute Gasteiger partial charge is 0.376 e. The molecule has 8 rings (SSSR count). The van der Waals surface area contributed by atoms with E-state index in [1.165, 1.54) is 24.8 Å². The van der Waals surface area contributed by atoms with Crippen molar-refractivity contribution in [1.82, 2.24) is 59.4 Å². The second-order valence-electron chi connectivity index (χ2n) is 19.2. The summed E-state index contributed by atoms with van der Waals surface area (Å²) in [6.45, 7) is 20.8. The van der Waals surface area contributed by atoms with Gasteiger partial charge in [0, 0.05) is 36.2 Å². The predicted octanol–water partition coefficient (Wildman–Crippen LogP) is 7.08. The number of aryl methyl sites for hydroxylation is 2. The van der Waals surface area contributed by atoms with Crippen LogP contribution in [-0.4, -0.2) is 151 Å². The Hall–Kier alpha value is -5.02. The summed E-state index contributed by atoms with van der Waals surface area (Å²) in [5, 5.41) is 16.1. The van der Waals surface area contributed by atoms with E-state index in [2.05, 4.69) is 50.3 Å². The van der Waals surface area contributed by atoms with Gasteiger partial charge < -0.3 is 37.6 Å². The lowest BCUT2D eigenvalue weighted by molar-refractivity contribution is -0.105. The zero-order chi connectivity index (χ0) is 54.9. The molecule has 26 heteroatoms. The molecule has 0 bridgehead atoms. The lowest BCUT2D eigenvalue weighted by Crippen LogP contribution is -2.37. The van der Waals surface area contributed by atoms with E-state index < -0.39 is 42.4 Å². The highest BCUT2D eigenvalue weighted by molar-refractivity contribution is 7.91. The minimum Gasteiger partial charge on any atom is -0.376 e. The first-order chi connectivity index (χ1) is 36.1. The van der Waals surface area contributed by atoms with Crippen LogP contribution < -0.4 is 0 Å². The Bertz CT molecular complexity index is 2860. The van der Waals surface area contributed by atoms with Crippen LogP contribution >= 0.6 is 23.2 Å². The molecule has 0 unspecified atom stereocenters. The van der Waals surface area contributed by atoms with Crippen molar-refractivity contribution in [3.05, 3.63) is 106 Å². The first kappa shape index (κ1) is 58.7. The van der Waals surface area contributed by atoms with Crippen LogP contribution in [0.2, 0.25) is 10.0 Å². The van der Waals surface area contributed by atoms with Gasteiger partial charge in [0.2, 0.25) is 0 Å². The van der Waals surface area contributed by atoms with Gasteiger partial charge in [-0.3, -0.25) is 0 Å². The Morgan fingerprint density at radius 3 is 1.25 bits per heavy atom. The van der Waals surface area contributed by atoms with Crippen molar-refractivity contribution in [1.29, 1.82) is 0 Å². The molecule has 0 spiro atoms. The SMILES string of the molecule is Cc1cccc(-c2nnc(CS(=O)(=O)[C@@H](C)[C@@H](OC(C)C)c3ncc(Cl)cn3)n2[C@@H](C)[C@@H]2COCCO2)n1.Cc1cccc(-c2nnc(CS(=O)(=O)[C@@H](C)[C@@H](OC(C)C)c3ncc(Cl)cn3)n2[C@@H](C)[C@H]2COCCO2)n1. The van der Waals surface area contributed by atoms with Gasteiger partial charge >= 0.3 is 0 Å². The third-order valence-corrected chi connectivity index (χ3v) is 17.1. The molecule has 0 aliphatic carbocycles. The van der Waals surface area contributed by atoms with E-state index in [-0.39, 0.29) is 71.3 Å². The number of pyridine rings is 2. The lowest BCUT2D eigenvalue weighted by Gasteiger charge is -2.30. The maximum Gasteiger partial charge on any atom is 0.182 e. The fraction of sp³-hybridized carbons (Fsp3) is 0.560. The summed E-state index contributed by atoms with van der Waals surface area (Å²) in [5.41, 5.74) is 2.80. The van der Waals surface area contributed by atoms with Crippen LogP contribution in [0.1, 0.15) is 114 Å². The minimum absolute atomic E-state index is 0.242. The van der Waals surface area contributed by atoms with E-state index in [1.807, 2.05) is 91.8 Å². The topological polar surface area (TPSA) is 262 Å². The van der Waals surface area contributed by atoms with E-state index in [9.17, 15) is 16.8 Å². The number of aromatic nitrogens is 12. The summed E-state index contributed by atoms with van der Waals surface area (Å²) < 4.78 is 93.9. The fourth-order valence-electron chi connectivity index (χ4n) is 8.57. The molecule has 6 aromatic heterocycles. The second-order valence-corrected chi connectivity index (χ2v) is 24.7. The van der Waals surface area contributed by atoms with E-state index >= 15 is 0 Å². The number of hydrogen-bond donors (Lipinski definition) is 0. The number of rotatable bonds is 20. The summed E-state index contributed by atoms with van der Waals surface area (Å²) in [5.74, 6) is 1.20. The van der Waals surface area contributed by atoms with E-state index in [1.54, 1.807) is 23.0 Å². The van der Waals surface area contributed by atoms with Crippen LogP contribution in [0.4, 0.5) is 0 Å². The molecule has 2 saturated heterocycles. The zero-order valence-corrected chi connectivity index (χ0v) is 47.4. The average molecular weight is 1130 g/mol. The first-order valence-electron chi connectivity index (χ1n) is 25.0. The fourth-order valence-corrected chi connectivity index (χ4v) is 11.5. The molecule has 0 saturated carbocycles. The van der Waals surface area contributed by atoms with E-state index in [0.717, 1.165) is 11.4 Å². The van der Waals surface area contributed by atoms with Gasteiger partial charge in [-0.25, -0.2) is 46.7 Å². The second kappa shape index (κ2) is 26.1. The van der Waals surface area contributed by atoms with Crippen molar-refractivity contribution in [2.75, 3.05) is 39.6 Å². The molecule has 0 aromatic carbocycles. The average Bonchev–Trinajstić information content (AvgIpc) is 4.01. The molecule has 0 amide bonds. The highest BCUT2D eigenvalue weighted by Crippen LogP contribution is 2.33. The molecule has 8 atom stereocenters. The Morgan fingerprint density at radius 2 is 0.934 bits per heavy atom. The van der Waals surface area contributed by atoms with Crippen molar-refractivity contribution in [2.24, 2.45) is 0 Å². The molecular formula is C50H66Cl2N12O10S2. The van der Waals surface area contributed by atoms with Gasteiger partial charge in [-0.05, 0) is 93.5 Å². The predicted molar refractivity (Wildman–Crippen MR) is 283 cm³/mol. The monoisotopic (exact) mass is 1130 g/mol. The van der Waals surface area contributed by atoms with E-state index in [0.29, 0.717) is 72.7 Å². The Labute approximate surface area is 453 Å². The summed E-state index contributed by atoms with van der Waals surface area (Å²) in [6, 6.07) is 10.5. The van der Waals surface area contributed by atoms with Gasteiger partial charge in [0.25, 0.3) is 0 Å². The Morgan fingerprint density at radius 1 is 0.566 bits per heavy atom. The van der Waals surface area contributed by atoms with Gasteiger partial charge in [0.05, 0.1) is 84.5 Å². The van der Waals surface area contributed by atoms with Gasteiger partial charge in [-0.15, -0.1) is 20.4 Å². The third-order valence-electron chi connectivity index (χ3n) is 12.6. The number of sulfone groups is 2. The van der Waals surface area contributed by atoms with Crippen LogP contribution in [0.5, 0.6) is 0 Å². The third kappa shape index (κ3) is 14.8. The molecule has 2 aliphatic rings. The highest BCUT2D eigenvalue weighted by atomic mass is 35.5. The standard InChI is InChI=1S/2C25H33ClN6O5S/c2*1-15(2)37-23(24-27-11-19(26)12-28-24)18(5)38(33,34)14-22-30-31-25(20-8-6-7-16(3)29-20)32(22)17(4)21-13-35-9-10-36-21/h2*6-8,11-12,15,17-18,21,23H,9-10,13-14H2,1-5H3/t17-,18-,21+,23+;17-,18-,21-,23+/m00/s1. The Kier molecular flexibility index (Phi) is 20.1. The Balaban J connectivity index is 0.000000221. The normalized spacial score (nSPS) is 18.9. The number of nitrogens with zero attached hydrogens (tertiary/aromatic N) is 12. The summed E-state index contributed by atoms with van der Waals surface area (Å²) >= 11 is 11.9. The molecule has 2 fully saturated rings. The summed E-state index contributed by atoms with van der Waals surface area (Å²) in [4.78, 5) is 26.1. The van der Waals surface area contributed by atoms with E-state index in [4.69, 9.17) is 51.6 Å². The van der Waals surface area contributed by atoms with Crippen LogP contribution in [0, 0.1) is 13.8 Å². The van der Waals surface area contributed by atoms with Crippen molar-refractivity contribution in [3.63, 3.8) is 0 Å². The smallest absolute Gasteiger partial charge is 0.182 e. The lowest BCUT2D eigenvalue weighted by atomic mass is 10.1. The van der Waals surface area contributed by atoms with Gasteiger partial charge in [-0.2, -0.15) is 0 Å². The maximum atomic E-state index is 13.8. The molecule has 412 valence electrons. The molecular weight excluding hydrogens is 1060 g/mol. The van der Waals surface area contributed by atoms with Gasteiger partial charge in [-0.1, -0.05) is 35.3 Å².